The summed E-state index contributed by atoms with van der Waals surface area (Å²) in [5.41, 5.74) is -6.18. The molecule has 1 aromatic rings. The summed E-state index contributed by atoms with van der Waals surface area (Å²) in [6, 6.07) is -1.22. The number of nitrogens with one attached hydrogen (secondary N) is 2. The second-order valence-corrected chi connectivity index (χ2v) is 18.1. The quantitative estimate of drug-likeness (QED) is 0.257. The van der Waals surface area contributed by atoms with Crippen molar-refractivity contribution in [2.24, 2.45) is 0 Å². The molecule has 2 aliphatic rings. The maximum Gasteiger partial charge on any atom is 0.509 e. The topological polar surface area (TPSA) is 233 Å². The van der Waals surface area contributed by atoms with Gasteiger partial charge in [0.25, 0.3) is 5.56 Å². The van der Waals surface area contributed by atoms with Gasteiger partial charge in [-0.2, -0.15) is 4.98 Å². The van der Waals surface area contributed by atoms with Gasteiger partial charge in [0.15, 0.2) is 24.3 Å². The van der Waals surface area contributed by atoms with E-state index in [-0.39, 0.29) is 11.5 Å². The van der Waals surface area contributed by atoms with Crippen LogP contribution in [0.25, 0.3) is 0 Å². The molecule has 1 aromatic heterocycles. The van der Waals surface area contributed by atoms with Gasteiger partial charge in [-0.25, -0.2) is 24.0 Å². The van der Waals surface area contributed by atoms with Crippen molar-refractivity contribution >= 4 is 48.1 Å². The number of ether oxygens (including phenoxy) is 9. The van der Waals surface area contributed by atoms with Gasteiger partial charge in [-0.1, -0.05) is 0 Å². The zero-order chi connectivity index (χ0) is 42.9. The van der Waals surface area contributed by atoms with Gasteiger partial charge in [0.2, 0.25) is 5.95 Å². The van der Waals surface area contributed by atoms with Gasteiger partial charge in [-0.05, 0) is 104 Å². The SMILES string of the molecule is CN1c2nc(N(C(=O)OC(C)(C)C)C(=O)OC(C)(C)C)[nH]c(=O)c2NC2C(OC(=O)OC(C)(C)C)C(OC(=O)OC(C)(C)C)C(COC(=O)OC(C)(C)C)OC21. The highest BCUT2D eigenvalue weighted by Crippen LogP contribution is 2.38. The summed E-state index contributed by atoms with van der Waals surface area (Å²) in [4.78, 5) is 88.4. The van der Waals surface area contributed by atoms with Crippen molar-refractivity contribution in [3.8, 4) is 0 Å². The molecule has 1 saturated heterocycles. The van der Waals surface area contributed by atoms with Gasteiger partial charge in [0.1, 0.15) is 52.4 Å². The van der Waals surface area contributed by atoms with Crippen LogP contribution >= 0.6 is 0 Å². The third-order valence-electron chi connectivity index (χ3n) is 6.94. The molecule has 0 bridgehead atoms. The first kappa shape index (κ1) is 45.4. The van der Waals surface area contributed by atoms with E-state index in [9.17, 15) is 28.8 Å². The number of hydrogen-bond donors (Lipinski definition) is 2. The number of carbonyl (C=O) groups excluding carboxylic acids is 5. The Morgan fingerprint density at radius 2 is 1.11 bits per heavy atom. The molecule has 3 rings (SSSR count). The molecule has 2 aliphatic heterocycles. The molecule has 20 heteroatoms. The molecule has 1 fully saturated rings. The lowest BCUT2D eigenvalue weighted by atomic mass is 9.93. The Kier molecular flexibility index (Phi) is 13.1. The second-order valence-electron chi connectivity index (χ2n) is 18.1. The Balaban J connectivity index is 2.19. The summed E-state index contributed by atoms with van der Waals surface area (Å²) in [7, 11) is 1.46. The summed E-state index contributed by atoms with van der Waals surface area (Å²) in [5, 5.41) is 2.96. The number of aromatic amines is 1. The fraction of sp³-hybridized carbons (Fsp3) is 0.750. The van der Waals surface area contributed by atoms with E-state index in [0.717, 1.165) is 0 Å². The van der Waals surface area contributed by atoms with Gasteiger partial charge in [0.05, 0.1) is 0 Å². The van der Waals surface area contributed by atoms with Crippen LogP contribution in [0.5, 0.6) is 0 Å². The van der Waals surface area contributed by atoms with Crippen molar-refractivity contribution in [3.05, 3.63) is 10.4 Å². The Labute approximate surface area is 326 Å². The maximum absolute atomic E-state index is 13.8. The summed E-state index contributed by atoms with van der Waals surface area (Å²) in [6.07, 6.45) is -11.5. The van der Waals surface area contributed by atoms with E-state index in [2.05, 4.69) is 15.3 Å². The number of aromatic nitrogens is 2. The molecule has 0 saturated carbocycles. The van der Waals surface area contributed by atoms with Crippen LogP contribution in [-0.2, 0) is 42.6 Å². The number of amides is 2. The molecular formula is C36H57N5O15. The van der Waals surface area contributed by atoms with Crippen molar-refractivity contribution in [1.29, 1.82) is 0 Å². The number of hydrogen-bond acceptors (Lipinski definition) is 18. The van der Waals surface area contributed by atoms with E-state index >= 15 is 0 Å². The van der Waals surface area contributed by atoms with E-state index in [1.807, 2.05) is 0 Å². The Hall–Kier alpha value is -5.01. The highest BCUT2D eigenvalue weighted by molar-refractivity contribution is 6.08. The van der Waals surface area contributed by atoms with Gasteiger partial charge in [0, 0.05) is 7.05 Å². The standard InChI is InChI=1S/C36H57N5O15/c1-32(2,3)52-27(43)41(28(44)53-33(4,5)6)26-38-23-20(24(42)39-26)37-19-22(51-31(47)56-36(13,14)15)21(50-30(46)55-35(10,11)12)18(49-25(19)40(23)16)17-48-29(45)54-34(7,8)9/h18-19,21-22,25,37H,17H2,1-16H3,(H,38,39,42). The van der Waals surface area contributed by atoms with E-state index < -0.39 is 107 Å². The summed E-state index contributed by atoms with van der Waals surface area (Å²) >= 11 is 0. The van der Waals surface area contributed by atoms with Gasteiger partial charge < -0.3 is 52.8 Å². The Morgan fingerprint density at radius 1 is 0.679 bits per heavy atom. The van der Waals surface area contributed by atoms with Crippen LogP contribution in [0.15, 0.2) is 4.79 Å². The highest BCUT2D eigenvalue weighted by atomic mass is 16.8. The minimum absolute atomic E-state index is 0.142. The van der Waals surface area contributed by atoms with Crippen LogP contribution in [0.1, 0.15) is 104 Å². The number of likely N-dealkylation sites (N-methyl/N-ethyl adjacent to an activating group) is 1. The Bertz CT molecular complexity index is 1670. The summed E-state index contributed by atoms with van der Waals surface area (Å²) in [5.74, 6) is -0.700. The lowest BCUT2D eigenvalue weighted by Gasteiger charge is -2.50. The van der Waals surface area contributed by atoms with Gasteiger partial charge >= 0.3 is 30.7 Å². The number of rotatable bonds is 5. The number of nitrogens with zero attached hydrogens (tertiary/aromatic N) is 3. The zero-order valence-electron chi connectivity index (χ0n) is 35.1. The molecule has 3 heterocycles. The fourth-order valence-electron chi connectivity index (χ4n) is 5.11. The highest BCUT2D eigenvalue weighted by Gasteiger charge is 2.55. The lowest BCUT2D eigenvalue weighted by Crippen LogP contribution is -2.69. The molecule has 316 valence electrons. The number of carbonyl (C=O) groups is 5. The first-order valence-corrected chi connectivity index (χ1v) is 17.9. The third kappa shape index (κ3) is 13.0. The van der Waals surface area contributed by atoms with E-state index in [1.165, 1.54) is 11.9 Å². The fourth-order valence-corrected chi connectivity index (χ4v) is 5.11. The number of fused-ring (bicyclic) bond motifs is 2. The number of H-pyrrole nitrogens is 1. The van der Waals surface area contributed by atoms with Crippen LogP contribution in [0, 0.1) is 0 Å². The van der Waals surface area contributed by atoms with Crippen LogP contribution in [0.3, 0.4) is 0 Å². The molecule has 0 radical (unpaired) electrons. The van der Waals surface area contributed by atoms with Crippen molar-refractivity contribution in [2.45, 2.75) is 162 Å². The largest absolute Gasteiger partial charge is 0.509 e. The second kappa shape index (κ2) is 16.2. The molecule has 5 atom stereocenters. The van der Waals surface area contributed by atoms with Crippen molar-refractivity contribution < 1.29 is 66.6 Å². The van der Waals surface area contributed by atoms with Gasteiger partial charge in [-0.15, -0.1) is 4.90 Å². The average molecular weight is 800 g/mol. The van der Waals surface area contributed by atoms with E-state index in [4.69, 9.17) is 42.6 Å². The molecule has 0 spiro atoms. The first-order chi connectivity index (χ1) is 25.2. The van der Waals surface area contributed by atoms with Crippen molar-refractivity contribution in [3.63, 3.8) is 0 Å². The van der Waals surface area contributed by atoms with Crippen LogP contribution in [0.2, 0.25) is 0 Å². The molecule has 5 unspecified atom stereocenters. The minimum Gasteiger partial charge on any atom is -0.443 e. The third-order valence-corrected chi connectivity index (χ3v) is 6.94. The van der Waals surface area contributed by atoms with Crippen LogP contribution < -0.4 is 20.7 Å². The molecule has 0 aliphatic carbocycles. The van der Waals surface area contributed by atoms with Crippen molar-refractivity contribution in [1.82, 2.24) is 9.97 Å². The number of anilines is 3. The monoisotopic (exact) mass is 799 g/mol. The minimum atomic E-state index is -1.55. The molecule has 56 heavy (non-hydrogen) atoms. The van der Waals surface area contributed by atoms with E-state index in [0.29, 0.717) is 4.90 Å². The van der Waals surface area contributed by atoms with E-state index in [1.54, 1.807) is 104 Å². The predicted octanol–water partition coefficient (Wildman–Crippen LogP) is 5.99. The molecule has 2 N–H and O–H groups in total. The summed E-state index contributed by atoms with van der Waals surface area (Å²) < 4.78 is 50.3. The van der Waals surface area contributed by atoms with Gasteiger partial charge in [-0.3, -0.25) is 9.78 Å². The van der Waals surface area contributed by atoms with Crippen LogP contribution in [0.4, 0.5) is 41.4 Å². The lowest BCUT2D eigenvalue weighted by molar-refractivity contribution is -0.202. The van der Waals surface area contributed by atoms with Crippen molar-refractivity contribution in [2.75, 3.05) is 28.8 Å². The smallest absolute Gasteiger partial charge is 0.443 e. The molecule has 20 nitrogen and oxygen atoms in total. The summed E-state index contributed by atoms with van der Waals surface area (Å²) in [6.45, 7) is 23.4. The number of imide groups is 1. The Morgan fingerprint density at radius 3 is 1.55 bits per heavy atom. The normalized spacial score (nSPS) is 21.2. The first-order valence-electron chi connectivity index (χ1n) is 17.9. The molecule has 0 aromatic carbocycles. The maximum atomic E-state index is 13.8. The zero-order valence-corrected chi connectivity index (χ0v) is 35.1. The molecular weight excluding hydrogens is 742 g/mol. The van der Waals surface area contributed by atoms with Crippen LogP contribution in [-0.4, -0.2) is 113 Å². The average Bonchev–Trinajstić information content (AvgIpc) is 2.93. The molecule has 2 amide bonds. The predicted molar refractivity (Wildman–Crippen MR) is 199 cm³/mol.